The molecule has 0 N–H and O–H groups in total. The number of thioether (sulfide) groups is 1. The Labute approximate surface area is 92.1 Å². The van der Waals surface area contributed by atoms with Gasteiger partial charge in [-0.15, -0.1) is 11.8 Å². The summed E-state index contributed by atoms with van der Waals surface area (Å²) < 4.78 is 0. The third-order valence-corrected chi connectivity index (χ3v) is 3.41. The number of hydrogen-bond acceptors (Lipinski definition) is 1. The molecule has 1 aromatic rings. The van der Waals surface area contributed by atoms with Gasteiger partial charge < -0.3 is 0 Å². The van der Waals surface area contributed by atoms with E-state index in [9.17, 15) is 0 Å². The van der Waals surface area contributed by atoms with Crippen LogP contribution in [0.15, 0.2) is 29.2 Å². The maximum Gasteiger partial charge on any atom is 0.00721 e. The predicted octanol–water partition coefficient (Wildman–Crippen LogP) is 4.49. The molecule has 0 saturated carbocycles. The van der Waals surface area contributed by atoms with E-state index in [2.05, 4.69) is 52.0 Å². The highest BCUT2D eigenvalue weighted by molar-refractivity contribution is 7.99. The fraction of sp³-hybridized carbons (Fsp3) is 0.538. The summed E-state index contributed by atoms with van der Waals surface area (Å²) in [6, 6.07) is 8.97. The number of benzene rings is 1. The molecule has 0 fully saturated rings. The van der Waals surface area contributed by atoms with E-state index < -0.39 is 0 Å². The van der Waals surface area contributed by atoms with Crippen molar-refractivity contribution in [3.05, 3.63) is 29.8 Å². The molecule has 0 saturated heterocycles. The molecule has 0 nitrogen and oxygen atoms in total. The van der Waals surface area contributed by atoms with Crippen LogP contribution in [0.3, 0.4) is 0 Å². The van der Waals surface area contributed by atoms with Crippen molar-refractivity contribution >= 4 is 11.8 Å². The largest absolute Gasteiger partial charge is 0.126 e. The van der Waals surface area contributed by atoms with E-state index in [1.54, 1.807) is 0 Å². The van der Waals surface area contributed by atoms with Crippen LogP contribution in [0.4, 0.5) is 0 Å². The smallest absolute Gasteiger partial charge is 0.00721 e. The zero-order valence-corrected chi connectivity index (χ0v) is 10.4. The van der Waals surface area contributed by atoms with Crippen molar-refractivity contribution in [2.75, 3.05) is 5.75 Å². The minimum Gasteiger partial charge on any atom is -0.126 e. The normalized spacial score (nSPS) is 11.7. The molecule has 1 heteroatoms. The zero-order valence-electron chi connectivity index (χ0n) is 9.63. The topological polar surface area (TPSA) is 0 Å². The highest BCUT2D eigenvalue weighted by Gasteiger charge is 2.12. The lowest BCUT2D eigenvalue weighted by Gasteiger charge is -2.18. The quantitative estimate of drug-likeness (QED) is 0.660. The Bertz CT molecular complexity index is 266. The van der Waals surface area contributed by atoms with Crippen molar-refractivity contribution in [3.63, 3.8) is 0 Å². The minimum atomic E-state index is 0.272. The Morgan fingerprint density at radius 1 is 1.07 bits per heavy atom. The van der Waals surface area contributed by atoms with Crippen LogP contribution in [0.5, 0.6) is 0 Å². The maximum atomic E-state index is 2.25. The van der Waals surface area contributed by atoms with Crippen molar-refractivity contribution < 1.29 is 0 Å². The van der Waals surface area contributed by atoms with Gasteiger partial charge in [0.25, 0.3) is 0 Å². The summed E-state index contributed by atoms with van der Waals surface area (Å²) in [6.45, 7) is 8.97. The Morgan fingerprint density at radius 2 is 1.64 bits per heavy atom. The van der Waals surface area contributed by atoms with Crippen LogP contribution in [0.2, 0.25) is 0 Å². The molecule has 0 amide bonds. The number of rotatable bonds is 3. The van der Waals surface area contributed by atoms with E-state index in [0.29, 0.717) is 0 Å². The molecule has 0 bridgehead atoms. The van der Waals surface area contributed by atoms with Gasteiger partial charge in [-0.2, -0.15) is 0 Å². The Balaban J connectivity index is 2.69. The summed E-state index contributed by atoms with van der Waals surface area (Å²) in [6.07, 6.45) is 1.24. The summed E-state index contributed by atoms with van der Waals surface area (Å²) in [5, 5.41) is 0. The molecule has 0 atom stereocenters. The van der Waals surface area contributed by atoms with Gasteiger partial charge in [0, 0.05) is 4.90 Å². The van der Waals surface area contributed by atoms with E-state index >= 15 is 0 Å². The first-order chi connectivity index (χ1) is 6.54. The lowest BCUT2D eigenvalue weighted by molar-refractivity contribution is 0.590. The van der Waals surface area contributed by atoms with Crippen molar-refractivity contribution in [3.8, 4) is 0 Å². The molecule has 0 aliphatic carbocycles. The van der Waals surface area contributed by atoms with Gasteiger partial charge in [-0.25, -0.2) is 0 Å². The molecule has 14 heavy (non-hydrogen) atoms. The summed E-state index contributed by atoms with van der Waals surface area (Å²) in [4.78, 5) is 1.39. The lowest BCUT2D eigenvalue weighted by atomic mass is 9.87. The minimum absolute atomic E-state index is 0.272. The van der Waals surface area contributed by atoms with Crippen molar-refractivity contribution in [1.29, 1.82) is 0 Å². The second-order valence-electron chi connectivity index (χ2n) is 4.62. The first-order valence-corrected chi connectivity index (χ1v) is 6.26. The third kappa shape index (κ3) is 3.38. The van der Waals surface area contributed by atoms with Gasteiger partial charge in [0.2, 0.25) is 0 Å². The van der Waals surface area contributed by atoms with Gasteiger partial charge in [0.1, 0.15) is 0 Å². The molecule has 1 aromatic carbocycles. The average molecular weight is 208 g/mol. The summed E-state index contributed by atoms with van der Waals surface area (Å²) in [7, 11) is 0. The number of hydrogen-bond donors (Lipinski definition) is 0. The van der Waals surface area contributed by atoms with Crippen LogP contribution in [0.1, 0.15) is 39.7 Å². The molecular formula is C13H20S. The van der Waals surface area contributed by atoms with Crippen LogP contribution >= 0.6 is 11.8 Å². The zero-order chi connectivity index (χ0) is 10.6. The second kappa shape index (κ2) is 4.88. The summed E-state index contributed by atoms with van der Waals surface area (Å²) in [5.41, 5.74) is 1.69. The standard InChI is InChI=1S/C13H20S/c1-5-10-14-12-8-6-11(7-9-12)13(2,3)4/h6-9H,5,10H2,1-4H3. The summed E-state index contributed by atoms with van der Waals surface area (Å²) in [5.74, 6) is 1.22. The molecule has 0 radical (unpaired) electrons. The lowest BCUT2D eigenvalue weighted by Crippen LogP contribution is -2.10. The molecule has 0 heterocycles. The Morgan fingerprint density at radius 3 is 2.07 bits per heavy atom. The van der Waals surface area contributed by atoms with Gasteiger partial charge in [-0.3, -0.25) is 0 Å². The van der Waals surface area contributed by atoms with Crippen molar-refractivity contribution in [2.24, 2.45) is 0 Å². The van der Waals surface area contributed by atoms with E-state index in [1.165, 1.54) is 22.6 Å². The van der Waals surface area contributed by atoms with Gasteiger partial charge >= 0.3 is 0 Å². The molecule has 0 aliphatic heterocycles. The summed E-state index contributed by atoms with van der Waals surface area (Å²) >= 11 is 1.94. The fourth-order valence-electron chi connectivity index (χ4n) is 1.27. The van der Waals surface area contributed by atoms with Crippen molar-refractivity contribution in [2.45, 2.75) is 44.4 Å². The molecule has 0 aromatic heterocycles. The molecule has 1 rings (SSSR count). The first kappa shape index (κ1) is 11.6. The van der Waals surface area contributed by atoms with E-state index in [1.807, 2.05) is 11.8 Å². The van der Waals surface area contributed by atoms with E-state index in [-0.39, 0.29) is 5.41 Å². The Hall–Kier alpha value is -0.430. The second-order valence-corrected chi connectivity index (χ2v) is 5.79. The molecular weight excluding hydrogens is 188 g/mol. The average Bonchev–Trinajstić information content (AvgIpc) is 2.14. The van der Waals surface area contributed by atoms with Crippen LogP contribution in [-0.2, 0) is 5.41 Å². The first-order valence-electron chi connectivity index (χ1n) is 5.27. The molecule has 78 valence electrons. The van der Waals surface area contributed by atoms with Gasteiger partial charge in [0.05, 0.1) is 0 Å². The monoisotopic (exact) mass is 208 g/mol. The predicted molar refractivity (Wildman–Crippen MR) is 66.2 cm³/mol. The fourth-order valence-corrected chi connectivity index (χ4v) is 2.04. The van der Waals surface area contributed by atoms with Gasteiger partial charge in [0.15, 0.2) is 0 Å². The SMILES string of the molecule is CCCSc1ccc(C(C)(C)C)cc1. The maximum absolute atomic E-state index is 2.25. The van der Waals surface area contributed by atoms with E-state index in [0.717, 1.165) is 0 Å². The van der Waals surface area contributed by atoms with E-state index in [4.69, 9.17) is 0 Å². The van der Waals surface area contributed by atoms with Crippen LogP contribution in [0.25, 0.3) is 0 Å². The van der Waals surface area contributed by atoms with Gasteiger partial charge in [-0.1, -0.05) is 39.8 Å². The van der Waals surface area contributed by atoms with Crippen LogP contribution < -0.4 is 0 Å². The highest BCUT2D eigenvalue weighted by Crippen LogP contribution is 2.25. The molecule has 0 aliphatic rings. The van der Waals surface area contributed by atoms with Crippen LogP contribution in [0, 0.1) is 0 Å². The third-order valence-electron chi connectivity index (χ3n) is 2.19. The highest BCUT2D eigenvalue weighted by atomic mass is 32.2. The Kier molecular flexibility index (Phi) is 4.06. The van der Waals surface area contributed by atoms with Gasteiger partial charge in [-0.05, 0) is 35.3 Å². The van der Waals surface area contributed by atoms with Crippen molar-refractivity contribution in [1.82, 2.24) is 0 Å². The van der Waals surface area contributed by atoms with Crippen LogP contribution in [-0.4, -0.2) is 5.75 Å². The molecule has 0 unspecified atom stereocenters. The molecule has 0 spiro atoms.